The average molecular weight is 505 g/mol. The van der Waals surface area contributed by atoms with Crippen molar-refractivity contribution in [2.45, 2.75) is 56.9 Å². The standard InChI is InChI=1S/C22H32N8O4S/c1-6-11-34-18(19-23-12-15(2)13-24-19)16(3)35(31,32)28-21-26-25-20(17-7-10-29(4)27-17)30(21)22(8-9-22)14-33-5/h7,10,12-13,16,18H,6,8-9,11,14H2,1-5H3,(H,26,28)/t16-,18+/m0/s1. The topological polar surface area (TPSA) is 139 Å². The molecule has 1 aliphatic rings. The Morgan fingerprint density at radius 2 is 1.94 bits per heavy atom. The highest BCUT2D eigenvalue weighted by Crippen LogP contribution is 2.47. The summed E-state index contributed by atoms with van der Waals surface area (Å²) in [7, 11) is -0.554. The van der Waals surface area contributed by atoms with E-state index in [-0.39, 0.29) is 5.95 Å². The predicted octanol–water partition coefficient (Wildman–Crippen LogP) is 2.21. The Labute approximate surface area is 205 Å². The van der Waals surface area contributed by atoms with E-state index in [4.69, 9.17) is 9.47 Å². The summed E-state index contributed by atoms with van der Waals surface area (Å²) in [6.45, 7) is 6.17. The van der Waals surface area contributed by atoms with Crippen molar-refractivity contribution in [2.75, 3.05) is 25.0 Å². The van der Waals surface area contributed by atoms with Gasteiger partial charge in [0, 0.05) is 39.4 Å². The van der Waals surface area contributed by atoms with Crippen LogP contribution in [0.2, 0.25) is 0 Å². The van der Waals surface area contributed by atoms with Crippen LogP contribution < -0.4 is 4.72 Å². The maximum absolute atomic E-state index is 13.6. The molecule has 190 valence electrons. The van der Waals surface area contributed by atoms with Gasteiger partial charge in [-0.3, -0.25) is 14.0 Å². The van der Waals surface area contributed by atoms with Crippen LogP contribution in [0.25, 0.3) is 11.5 Å². The number of aryl methyl sites for hydroxylation is 2. The summed E-state index contributed by atoms with van der Waals surface area (Å²) in [4.78, 5) is 8.64. The molecule has 13 heteroatoms. The van der Waals surface area contributed by atoms with E-state index in [2.05, 4.69) is 30.0 Å². The molecule has 0 saturated heterocycles. The average Bonchev–Trinajstić information content (AvgIpc) is 3.26. The van der Waals surface area contributed by atoms with Crippen molar-refractivity contribution in [3.05, 3.63) is 36.0 Å². The number of aromatic nitrogens is 7. The molecule has 0 aliphatic heterocycles. The van der Waals surface area contributed by atoms with Gasteiger partial charge in [0.2, 0.25) is 16.0 Å². The third-order valence-corrected chi connectivity index (χ3v) is 7.72. The summed E-state index contributed by atoms with van der Waals surface area (Å²) < 4.78 is 44.6. The first kappa shape index (κ1) is 25.2. The van der Waals surface area contributed by atoms with E-state index in [0.717, 1.165) is 24.8 Å². The molecule has 1 N–H and O–H groups in total. The largest absolute Gasteiger partial charge is 0.382 e. The van der Waals surface area contributed by atoms with Crippen LogP contribution in [0.3, 0.4) is 0 Å². The lowest BCUT2D eigenvalue weighted by atomic mass is 10.2. The van der Waals surface area contributed by atoms with Crippen LogP contribution in [0.1, 0.15) is 50.6 Å². The van der Waals surface area contributed by atoms with Crippen molar-refractivity contribution in [1.82, 2.24) is 34.5 Å². The van der Waals surface area contributed by atoms with Crippen molar-refractivity contribution in [3.63, 3.8) is 0 Å². The molecule has 0 bridgehead atoms. The first-order valence-electron chi connectivity index (χ1n) is 11.6. The normalized spacial score (nSPS) is 16.7. The molecule has 0 unspecified atom stereocenters. The molecule has 12 nitrogen and oxygen atoms in total. The molecule has 0 spiro atoms. The van der Waals surface area contributed by atoms with Gasteiger partial charge in [0.1, 0.15) is 17.0 Å². The Bertz CT molecular complexity index is 1250. The fourth-order valence-electron chi connectivity index (χ4n) is 3.94. The smallest absolute Gasteiger partial charge is 0.240 e. The van der Waals surface area contributed by atoms with Gasteiger partial charge in [0.25, 0.3) is 0 Å². The van der Waals surface area contributed by atoms with E-state index >= 15 is 0 Å². The lowest BCUT2D eigenvalue weighted by Crippen LogP contribution is -2.35. The number of nitrogens with zero attached hydrogens (tertiary/aromatic N) is 7. The van der Waals surface area contributed by atoms with Crippen LogP contribution in [-0.4, -0.2) is 68.5 Å². The third-order valence-electron chi connectivity index (χ3n) is 6.03. The third kappa shape index (κ3) is 5.21. The number of hydrogen-bond donors (Lipinski definition) is 1. The van der Waals surface area contributed by atoms with E-state index in [1.807, 2.05) is 19.9 Å². The number of sulfonamides is 1. The van der Waals surface area contributed by atoms with Gasteiger partial charge >= 0.3 is 0 Å². The molecule has 0 radical (unpaired) electrons. The van der Waals surface area contributed by atoms with Crippen molar-refractivity contribution >= 4 is 16.0 Å². The monoisotopic (exact) mass is 504 g/mol. The number of nitrogens with one attached hydrogen (secondary N) is 1. The van der Waals surface area contributed by atoms with Gasteiger partial charge in [-0.1, -0.05) is 6.92 Å². The number of rotatable bonds is 12. The second-order valence-electron chi connectivity index (χ2n) is 8.98. The predicted molar refractivity (Wildman–Crippen MR) is 129 cm³/mol. The van der Waals surface area contributed by atoms with Gasteiger partial charge in [-0.25, -0.2) is 18.4 Å². The highest BCUT2D eigenvalue weighted by molar-refractivity contribution is 7.93. The number of ether oxygens (including phenoxy) is 2. The fraction of sp³-hybridized carbons (Fsp3) is 0.591. The fourth-order valence-corrected chi connectivity index (χ4v) is 5.04. The summed E-state index contributed by atoms with van der Waals surface area (Å²) in [6, 6.07) is 1.81. The lowest BCUT2D eigenvalue weighted by molar-refractivity contribution is 0.0466. The van der Waals surface area contributed by atoms with Crippen LogP contribution in [-0.2, 0) is 32.1 Å². The Morgan fingerprint density at radius 3 is 2.51 bits per heavy atom. The van der Waals surface area contributed by atoms with Crippen LogP contribution in [0.4, 0.5) is 5.95 Å². The molecule has 1 saturated carbocycles. The summed E-state index contributed by atoms with van der Waals surface area (Å²) in [5, 5.41) is 11.9. The summed E-state index contributed by atoms with van der Waals surface area (Å²) in [6.07, 6.45) is 6.58. The maximum Gasteiger partial charge on any atom is 0.240 e. The number of anilines is 1. The van der Waals surface area contributed by atoms with Crippen LogP contribution >= 0.6 is 0 Å². The molecule has 2 atom stereocenters. The highest BCUT2D eigenvalue weighted by atomic mass is 32.2. The van der Waals surface area contributed by atoms with Gasteiger partial charge in [-0.2, -0.15) is 5.10 Å². The minimum Gasteiger partial charge on any atom is -0.382 e. The van der Waals surface area contributed by atoms with E-state index in [1.54, 1.807) is 48.9 Å². The molecule has 4 rings (SSSR count). The van der Waals surface area contributed by atoms with Gasteiger partial charge in [-0.15, -0.1) is 10.2 Å². The summed E-state index contributed by atoms with van der Waals surface area (Å²) in [5.41, 5.74) is 1.03. The Kier molecular flexibility index (Phi) is 7.20. The first-order valence-corrected chi connectivity index (χ1v) is 13.1. The molecule has 3 heterocycles. The van der Waals surface area contributed by atoms with Gasteiger partial charge < -0.3 is 9.47 Å². The van der Waals surface area contributed by atoms with Gasteiger partial charge in [0.15, 0.2) is 11.6 Å². The van der Waals surface area contributed by atoms with Crippen LogP contribution in [0.5, 0.6) is 0 Å². The number of methoxy groups -OCH3 is 1. The van der Waals surface area contributed by atoms with Gasteiger partial charge in [-0.05, 0) is 44.7 Å². The van der Waals surface area contributed by atoms with E-state index in [0.29, 0.717) is 30.6 Å². The van der Waals surface area contributed by atoms with E-state index in [1.165, 1.54) is 0 Å². The Morgan fingerprint density at radius 1 is 1.23 bits per heavy atom. The van der Waals surface area contributed by atoms with Crippen LogP contribution in [0.15, 0.2) is 24.7 Å². The molecule has 3 aromatic heterocycles. The minimum atomic E-state index is -3.98. The highest BCUT2D eigenvalue weighted by Gasteiger charge is 2.49. The minimum absolute atomic E-state index is 0.117. The van der Waals surface area contributed by atoms with Gasteiger partial charge in [0.05, 0.1) is 12.1 Å². The Hall–Kier alpha value is -2.90. The zero-order valence-corrected chi connectivity index (χ0v) is 21.5. The Balaban J connectivity index is 1.69. The van der Waals surface area contributed by atoms with Crippen molar-refractivity contribution < 1.29 is 17.9 Å². The van der Waals surface area contributed by atoms with E-state index in [9.17, 15) is 8.42 Å². The number of hydrogen-bond acceptors (Lipinski definition) is 9. The zero-order chi connectivity index (χ0) is 25.2. The first-order chi connectivity index (χ1) is 16.7. The SMILES string of the molecule is CCCO[C@@H](c1ncc(C)cn1)[C@H](C)S(=O)(=O)Nc1nnc(-c2ccn(C)n2)n1C1(COC)CC1. The summed E-state index contributed by atoms with van der Waals surface area (Å²) >= 11 is 0. The molecule has 35 heavy (non-hydrogen) atoms. The van der Waals surface area contributed by atoms with Crippen LogP contribution in [0, 0.1) is 6.92 Å². The molecule has 0 amide bonds. The molecule has 0 aromatic carbocycles. The second-order valence-corrected chi connectivity index (χ2v) is 11.0. The van der Waals surface area contributed by atoms with Crippen molar-refractivity contribution in [2.24, 2.45) is 7.05 Å². The second kappa shape index (κ2) is 9.99. The molecule has 1 aliphatic carbocycles. The van der Waals surface area contributed by atoms with Crippen molar-refractivity contribution in [1.29, 1.82) is 0 Å². The molecule has 3 aromatic rings. The van der Waals surface area contributed by atoms with Crippen molar-refractivity contribution in [3.8, 4) is 11.5 Å². The lowest BCUT2D eigenvalue weighted by Gasteiger charge is -2.25. The molecule has 1 fully saturated rings. The molecular weight excluding hydrogens is 472 g/mol. The van der Waals surface area contributed by atoms with E-state index < -0.39 is 26.9 Å². The summed E-state index contributed by atoms with van der Waals surface area (Å²) in [5.74, 6) is 0.910. The quantitative estimate of drug-likeness (QED) is 0.393. The maximum atomic E-state index is 13.6. The zero-order valence-electron chi connectivity index (χ0n) is 20.7. The molecular formula is C22H32N8O4S.